The third-order valence-electron chi connectivity index (χ3n) is 3.82. The molecule has 0 heterocycles. The van der Waals surface area contributed by atoms with Crippen molar-refractivity contribution >= 4 is 29.4 Å². The van der Waals surface area contributed by atoms with E-state index in [2.05, 4.69) is 5.32 Å². The van der Waals surface area contributed by atoms with Crippen molar-refractivity contribution in [2.24, 2.45) is 0 Å². The average molecular weight is 389 g/mol. The Labute approximate surface area is 163 Å². The van der Waals surface area contributed by atoms with Crippen molar-refractivity contribution in [3.63, 3.8) is 0 Å². The summed E-state index contributed by atoms with van der Waals surface area (Å²) in [6.07, 6.45) is -1.09. The van der Waals surface area contributed by atoms with E-state index in [4.69, 9.17) is 16.3 Å². The number of ether oxygens (including phenoxy) is 1. The maximum absolute atomic E-state index is 12.5. The highest BCUT2D eigenvalue weighted by Gasteiger charge is 2.29. The minimum Gasteiger partial charge on any atom is -0.446 e. The lowest BCUT2D eigenvalue weighted by molar-refractivity contribution is -0.161. The fourth-order valence-corrected chi connectivity index (χ4v) is 2.54. The summed E-state index contributed by atoms with van der Waals surface area (Å²) in [5.41, 5.74) is 0.803. The minimum atomic E-state index is -1.09. The second-order valence-electron chi connectivity index (χ2n) is 6.14. The van der Waals surface area contributed by atoms with Gasteiger partial charge in [-0.25, -0.2) is 4.79 Å². The van der Waals surface area contributed by atoms with Gasteiger partial charge in [0.25, 0.3) is 11.8 Å². The first-order chi connectivity index (χ1) is 12.8. The Balaban J connectivity index is 2.11. The van der Waals surface area contributed by atoms with Gasteiger partial charge in [0.2, 0.25) is 6.10 Å². The first-order valence-electron chi connectivity index (χ1n) is 8.33. The second-order valence-corrected chi connectivity index (χ2v) is 6.54. The third-order valence-corrected chi connectivity index (χ3v) is 4.15. The number of amides is 2. The molecule has 0 bridgehead atoms. The summed E-state index contributed by atoms with van der Waals surface area (Å²) >= 11 is 6.00. The number of nitrogens with zero attached hydrogens (tertiary/aromatic N) is 1. The van der Waals surface area contributed by atoms with Crippen molar-refractivity contribution in [2.45, 2.75) is 19.1 Å². The Morgan fingerprint density at radius 3 is 2.19 bits per heavy atom. The largest absolute Gasteiger partial charge is 0.446 e. The van der Waals surface area contributed by atoms with Crippen LogP contribution < -0.4 is 5.32 Å². The van der Waals surface area contributed by atoms with E-state index in [9.17, 15) is 14.4 Å². The number of rotatable bonds is 6. The number of likely N-dealkylation sites (N-methyl/N-ethyl adjacent to an activating group) is 1. The van der Waals surface area contributed by atoms with Gasteiger partial charge in [0.1, 0.15) is 6.04 Å². The zero-order valence-corrected chi connectivity index (χ0v) is 16.1. The van der Waals surface area contributed by atoms with E-state index in [1.165, 1.54) is 11.8 Å². The van der Waals surface area contributed by atoms with Crippen LogP contribution in [0.4, 0.5) is 0 Å². The van der Waals surface area contributed by atoms with Crippen LogP contribution in [0, 0.1) is 0 Å². The van der Waals surface area contributed by atoms with Crippen LogP contribution in [0.3, 0.4) is 0 Å². The van der Waals surface area contributed by atoms with Crippen molar-refractivity contribution in [1.29, 1.82) is 0 Å². The summed E-state index contributed by atoms with van der Waals surface area (Å²) in [6.45, 7) is 1.49. The van der Waals surface area contributed by atoms with Crippen LogP contribution in [0.15, 0.2) is 54.6 Å². The number of hydrogen-bond acceptors (Lipinski definition) is 4. The first kappa shape index (κ1) is 20.5. The Morgan fingerprint density at radius 1 is 1.00 bits per heavy atom. The molecule has 0 saturated heterocycles. The molecule has 0 radical (unpaired) electrons. The molecule has 2 aromatic rings. The summed E-state index contributed by atoms with van der Waals surface area (Å²) < 4.78 is 5.41. The highest BCUT2D eigenvalue weighted by molar-refractivity contribution is 6.33. The number of benzene rings is 2. The monoisotopic (exact) mass is 388 g/mol. The van der Waals surface area contributed by atoms with E-state index in [1.807, 2.05) is 0 Å². The van der Waals surface area contributed by atoms with E-state index in [0.29, 0.717) is 5.56 Å². The predicted octanol–water partition coefficient (Wildman–Crippen LogP) is 2.83. The van der Waals surface area contributed by atoms with Gasteiger partial charge in [0, 0.05) is 19.7 Å². The molecule has 0 aliphatic carbocycles. The molecule has 2 rings (SSSR count). The fourth-order valence-electron chi connectivity index (χ4n) is 2.32. The molecule has 1 N–H and O–H groups in total. The summed E-state index contributed by atoms with van der Waals surface area (Å²) in [4.78, 5) is 38.5. The SMILES string of the molecule is CC(NC(=O)c1ccccc1Cl)C(=O)OC(C(=O)N(C)C)c1ccccc1. The number of carbonyl (C=O) groups excluding carboxylic acids is 3. The number of carbonyl (C=O) groups is 3. The molecule has 7 heteroatoms. The summed E-state index contributed by atoms with van der Waals surface area (Å²) in [5.74, 6) is -1.60. The normalized spacial score (nSPS) is 12.6. The minimum absolute atomic E-state index is 0.253. The number of hydrogen-bond donors (Lipinski definition) is 1. The van der Waals surface area contributed by atoms with Crippen molar-refractivity contribution < 1.29 is 19.1 Å². The average Bonchev–Trinajstić information content (AvgIpc) is 2.66. The van der Waals surface area contributed by atoms with Gasteiger partial charge >= 0.3 is 5.97 Å². The molecule has 2 atom stereocenters. The van der Waals surface area contributed by atoms with E-state index in [0.717, 1.165) is 0 Å². The van der Waals surface area contributed by atoms with Gasteiger partial charge in [-0.2, -0.15) is 0 Å². The molecule has 0 fully saturated rings. The Hall–Kier alpha value is -2.86. The van der Waals surface area contributed by atoms with E-state index < -0.39 is 24.0 Å². The van der Waals surface area contributed by atoms with Crippen LogP contribution in [0.5, 0.6) is 0 Å². The quantitative estimate of drug-likeness (QED) is 0.772. The van der Waals surface area contributed by atoms with E-state index in [1.54, 1.807) is 68.7 Å². The molecule has 6 nitrogen and oxygen atoms in total. The maximum atomic E-state index is 12.5. The fraction of sp³-hybridized carbons (Fsp3) is 0.250. The zero-order valence-electron chi connectivity index (χ0n) is 15.3. The Bertz CT molecular complexity index is 824. The maximum Gasteiger partial charge on any atom is 0.329 e. The molecule has 2 unspecified atom stereocenters. The van der Waals surface area contributed by atoms with Crippen LogP contribution in [0.2, 0.25) is 5.02 Å². The highest BCUT2D eigenvalue weighted by Crippen LogP contribution is 2.20. The van der Waals surface area contributed by atoms with Crippen LogP contribution >= 0.6 is 11.6 Å². The molecule has 0 spiro atoms. The highest BCUT2D eigenvalue weighted by atomic mass is 35.5. The first-order valence-corrected chi connectivity index (χ1v) is 8.71. The molecule has 2 aromatic carbocycles. The number of esters is 1. The molecule has 2 amide bonds. The van der Waals surface area contributed by atoms with Gasteiger partial charge in [-0.05, 0) is 19.1 Å². The number of halogens is 1. The predicted molar refractivity (Wildman–Crippen MR) is 102 cm³/mol. The van der Waals surface area contributed by atoms with Crippen molar-refractivity contribution in [3.8, 4) is 0 Å². The van der Waals surface area contributed by atoms with Gasteiger partial charge < -0.3 is 15.0 Å². The van der Waals surface area contributed by atoms with Gasteiger partial charge in [-0.15, -0.1) is 0 Å². The van der Waals surface area contributed by atoms with Gasteiger partial charge in [0.05, 0.1) is 10.6 Å². The molecule has 0 saturated carbocycles. The molecule has 27 heavy (non-hydrogen) atoms. The molecule has 0 aliphatic rings. The lowest BCUT2D eigenvalue weighted by atomic mass is 10.1. The van der Waals surface area contributed by atoms with Gasteiger partial charge in [-0.1, -0.05) is 54.1 Å². The van der Waals surface area contributed by atoms with Gasteiger partial charge in [-0.3, -0.25) is 9.59 Å². The topological polar surface area (TPSA) is 75.7 Å². The molecule has 142 valence electrons. The number of nitrogens with one attached hydrogen (secondary N) is 1. The Kier molecular flexibility index (Phi) is 6.96. The van der Waals surface area contributed by atoms with Crippen LogP contribution in [0.25, 0.3) is 0 Å². The Morgan fingerprint density at radius 2 is 1.59 bits per heavy atom. The zero-order chi connectivity index (χ0) is 20.0. The molecule has 0 aliphatic heterocycles. The van der Waals surface area contributed by atoms with Crippen molar-refractivity contribution in [3.05, 3.63) is 70.7 Å². The molecular weight excluding hydrogens is 368 g/mol. The summed E-state index contributed by atoms with van der Waals surface area (Å²) in [5, 5.41) is 2.82. The van der Waals surface area contributed by atoms with Crippen LogP contribution in [-0.2, 0) is 14.3 Å². The lowest BCUT2D eigenvalue weighted by Crippen LogP contribution is -2.41. The van der Waals surface area contributed by atoms with E-state index in [-0.39, 0.29) is 16.5 Å². The smallest absolute Gasteiger partial charge is 0.329 e. The third kappa shape index (κ3) is 5.31. The van der Waals surface area contributed by atoms with Gasteiger partial charge in [0.15, 0.2) is 0 Å². The standard InChI is InChI=1S/C20H21ClN2O4/c1-13(22-18(24)15-11-7-8-12-16(15)21)20(26)27-17(19(25)23(2)3)14-9-5-4-6-10-14/h4-13,17H,1-3H3,(H,22,24). The molecule has 0 aromatic heterocycles. The summed E-state index contributed by atoms with van der Waals surface area (Å²) in [7, 11) is 3.16. The van der Waals surface area contributed by atoms with Crippen molar-refractivity contribution in [1.82, 2.24) is 10.2 Å². The summed E-state index contributed by atoms with van der Waals surface area (Å²) in [6, 6.07) is 14.3. The van der Waals surface area contributed by atoms with Crippen molar-refractivity contribution in [2.75, 3.05) is 14.1 Å². The second kappa shape index (κ2) is 9.19. The van der Waals surface area contributed by atoms with Crippen LogP contribution in [0.1, 0.15) is 28.9 Å². The van der Waals surface area contributed by atoms with E-state index >= 15 is 0 Å². The van der Waals surface area contributed by atoms with Crippen LogP contribution in [-0.4, -0.2) is 42.8 Å². The molecular formula is C20H21ClN2O4. The lowest BCUT2D eigenvalue weighted by Gasteiger charge is -2.23.